The van der Waals surface area contributed by atoms with E-state index in [4.69, 9.17) is 4.42 Å². The number of carbonyl (C=O) groups is 1. The van der Waals surface area contributed by atoms with E-state index >= 15 is 0 Å². The third-order valence-corrected chi connectivity index (χ3v) is 4.03. The van der Waals surface area contributed by atoms with E-state index < -0.39 is 0 Å². The van der Waals surface area contributed by atoms with Gasteiger partial charge in [0.05, 0.1) is 6.26 Å². The molecule has 24 heavy (non-hydrogen) atoms. The van der Waals surface area contributed by atoms with Crippen LogP contribution in [0.25, 0.3) is 11.3 Å². The predicted molar refractivity (Wildman–Crippen MR) is 95.8 cm³/mol. The highest BCUT2D eigenvalue weighted by Crippen LogP contribution is 2.21. The summed E-state index contributed by atoms with van der Waals surface area (Å²) in [5.74, 6) is 1.23. The molecule has 3 rings (SSSR count). The van der Waals surface area contributed by atoms with Gasteiger partial charge < -0.3 is 9.73 Å². The first-order valence-corrected chi connectivity index (χ1v) is 8.14. The fourth-order valence-corrected chi connectivity index (χ4v) is 2.58. The lowest BCUT2D eigenvalue weighted by molar-refractivity contribution is 0.0951. The van der Waals surface area contributed by atoms with Crippen molar-refractivity contribution in [1.82, 2.24) is 5.32 Å². The van der Waals surface area contributed by atoms with Crippen molar-refractivity contribution >= 4 is 5.91 Å². The summed E-state index contributed by atoms with van der Waals surface area (Å²) in [6.45, 7) is 4.77. The number of rotatable bonds is 5. The zero-order valence-electron chi connectivity index (χ0n) is 14.0. The Balaban J connectivity index is 1.65. The maximum atomic E-state index is 12.3. The van der Waals surface area contributed by atoms with Crippen molar-refractivity contribution in [2.45, 2.75) is 26.3 Å². The van der Waals surface area contributed by atoms with E-state index in [1.165, 1.54) is 5.56 Å². The molecular weight excluding hydrogens is 298 g/mol. The first-order chi connectivity index (χ1) is 11.6. The van der Waals surface area contributed by atoms with Gasteiger partial charge in [-0.3, -0.25) is 4.79 Å². The lowest BCUT2D eigenvalue weighted by Crippen LogP contribution is -2.22. The molecule has 0 radical (unpaired) electrons. The second-order valence-corrected chi connectivity index (χ2v) is 6.14. The first kappa shape index (κ1) is 16.1. The normalized spacial score (nSPS) is 10.8. The third kappa shape index (κ3) is 3.74. The van der Waals surface area contributed by atoms with Crippen LogP contribution in [0.4, 0.5) is 0 Å². The highest BCUT2D eigenvalue weighted by atomic mass is 16.3. The van der Waals surface area contributed by atoms with Gasteiger partial charge in [0.25, 0.3) is 5.91 Å². The maximum Gasteiger partial charge on any atom is 0.251 e. The van der Waals surface area contributed by atoms with Crippen LogP contribution in [0.1, 0.15) is 41.3 Å². The SMILES string of the molecule is CC(C)c1ccc(C(=O)NCc2cccc(-c3ccco3)c2)cc1. The molecule has 1 N–H and O–H groups in total. The van der Waals surface area contributed by atoms with Crippen molar-refractivity contribution in [3.8, 4) is 11.3 Å². The van der Waals surface area contributed by atoms with E-state index in [1.807, 2.05) is 60.7 Å². The molecule has 0 aliphatic carbocycles. The summed E-state index contributed by atoms with van der Waals surface area (Å²) in [4.78, 5) is 12.3. The molecule has 0 unspecified atom stereocenters. The van der Waals surface area contributed by atoms with Crippen LogP contribution < -0.4 is 5.32 Å². The number of hydrogen-bond donors (Lipinski definition) is 1. The Labute approximate surface area is 142 Å². The number of amides is 1. The second kappa shape index (κ2) is 7.18. The molecule has 122 valence electrons. The molecular formula is C21H21NO2. The molecule has 3 aromatic rings. The van der Waals surface area contributed by atoms with Crippen molar-refractivity contribution in [3.05, 3.63) is 83.6 Å². The predicted octanol–water partition coefficient (Wildman–Crippen LogP) is 5.00. The summed E-state index contributed by atoms with van der Waals surface area (Å²) in [7, 11) is 0. The fraction of sp³-hybridized carbons (Fsp3) is 0.190. The molecule has 3 heteroatoms. The number of hydrogen-bond acceptors (Lipinski definition) is 2. The van der Waals surface area contributed by atoms with E-state index in [1.54, 1.807) is 6.26 Å². The standard InChI is InChI=1S/C21H21NO2/c1-15(2)17-8-10-18(11-9-17)21(23)22-14-16-5-3-6-19(13-16)20-7-4-12-24-20/h3-13,15H,14H2,1-2H3,(H,22,23). The van der Waals surface area contributed by atoms with Gasteiger partial charge in [-0.15, -0.1) is 0 Å². The minimum absolute atomic E-state index is 0.0614. The Morgan fingerprint density at radius 1 is 1.04 bits per heavy atom. The van der Waals surface area contributed by atoms with Crippen LogP contribution in [0, 0.1) is 0 Å². The molecule has 0 bridgehead atoms. The summed E-state index contributed by atoms with van der Waals surface area (Å²) >= 11 is 0. The molecule has 1 heterocycles. The lowest BCUT2D eigenvalue weighted by Gasteiger charge is -2.09. The van der Waals surface area contributed by atoms with E-state index in [0.29, 0.717) is 18.0 Å². The van der Waals surface area contributed by atoms with Gasteiger partial charge in [0.2, 0.25) is 0 Å². The molecule has 2 aromatic carbocycles. The molecule has 0 saturated heterocycles. The van der Waals surface area contributed by atoms with Gasteiger partial charge in [-0.05, 0) is 47.4 Å². The molecule has 0 saturated carbocycles. The van der Waals surface area contributed by atoms with Gasteiger partial charge >= 0.3 is 0 Å². The summed E-state index contributed by atoms with van der Waals surface area (Å²) in [6, 6.07) is 19.6. The average Bonchev–Trinajstić information content (AvgIpc) is 3.15. The molecule has 0 aliphatic heterocycles. The zero-order chi connectivity index (χ0) is 16.9. The van der Waals surface area contributed by atoms with E-state index in [2.05, 4.69) is 19.2 Å². The van der Waals surface area contributed by atoms with Crippen LogP contribution in [0.3, 0.4) is 0 Å². The fourth-order valence-electron chi connectivity index (χ4n) is 2.58. The molecule has 3 nitrogen and oxygen atoms in total. The molecule has 0 spiro atoms. The summed E-state index contributed by atoms with van der Waals surface area (Å²) in [5, 5.41) is 2.97. The number of carbonyl (C=O) groups excluding carboxylic acids is 1. The first-order valence-electron chi connectivity index (χ1n) is 8.14. The van der Waals surface area contributed by atoms with Gasteiger partial charge in [-0.2, -0.15) is 0 Å². The van der Waals surface area contributed by atoms with Crippen molar-refractivity contribution < 1.29 is 9.21 Å². The molecule has 1 amide bonds. The quantitative estimate of drug-likeness (QED) is 0.719. The van der Waals surface area contributed by atoms with E-state index in [9.17, 15) is 4.79 Å². The van der Waals surface area contributed by atoms with Crippen LogP contribution in [0.15, 0.2) is 71.3 Å². The van der Waals surface area contributed by atoms with Crippen molar-refractivity contribution in [2.24, 2.45) is 0 Å². The van der Waals surface area contributed by atoms with E-state index in [-0.39, 0.29) is 5.91 Å². The minimum Gasteiger partial charge on any atom is -0.464 e. The number of nitrogens with one attached hydrogen (secondary N) is 1. The zero-order valence-corrected chi connectivity index (χ0v) is 14.0. The molecule has 0 aliphatic rings. The Kier molecular flexibility index (Phi) is 4.80. The van der Waals surface area contributed by atoms with Crippen LogP contribution in [0.5, 0.6) is 0 Å². The number of benzene rings is 2. The highest BCUT2D eigenvalue weighted by Gasteiger charge is 2.07. The van der Waals surface area contributed by atoms with Crippen LogP contribution in [0.2, 0.25) is 0 Å². The third-order valence-electron chi connectivity index (χ3n) is 4.03. The van der Waals surface area contributed by atoms with Gasteiger partial charge in [0.15, 0.2) is 0 Å². The Morgan fingerprint density at radius 3 is 2.50 bits per heavy atom. The number of furan rings is 1. The molecule has 0 atom stereocenters. The van der Waals surface area contributed by atoms with E-state index in [0.717, 1.165) is 16.9 Å². The average molecular weight is 319 g/mol. The molecule has 1 aromatic heterocycles. The molecule has 0 fully saturated rings. The monoisotopic (exact) mass is 319 g/mol. The Bertz CT molecular complexity index is 802. The van der Waals surface area contributed by atoms with Gasteiger partial charge in [-0.1, -0.05) is 44.2 Å². The van der Waals surface area contributed by atoms with Crippen molar-refractivity contribution in [1.29, 1.82) is 0 Å². The van der Waals surface area contributed by atoms with Crippen LogP contribution in [-0.4, -0.2) is 5.91 Å². The Hall–Kier alpha value is -2.81. The van der Waals surface area contributed by atoms with Gasteiger partial charge in [-0.25, -0.2) is 0 Å². The van der Waals surface area contributed by atoms with Crippen LogP contribution >= 0.6 is 0 Å². The Morgan fingerprint density at radius 2 is 1.83 bits per heavy atom. The van der Waals surface area contributed by atoms with Crippen LogP contribution in [-0.2, 0) is 6.54 Å². The lowest BCUT2D eigenvalue weighted by atomic mass is 10.0. The van der Waals surface area contributed by atoms with Gasteiger partial charge in [0.1, 0.15) is 5.76 Å². The van der Waals surface area contributed by atoms with Crippen molar-refractivity contribution in [3.63, 3.8) is 0 Å². The summed E-state index contributed by atoms with van der Waals surface area (Å²) in [6.07, 6.45) is 1.66. The minimum atomic E-state index is -0.0614. The largest absolute Gasteiger partial charge is 0.464 e. The smallest absolute Gasteiger partial charge is 0.251 e. The topological polar surface area (TPSA) is 42.2 Å². The summed E-state index contributed by atoms with van der Waals surface area (Å²) < 4.78 is 5.41. The maximum absolute atomic E-state index is 12.3. The second-order valence-electron chi connectivity index (χ2n) is 6.14. The van der Waals surface area contributed by atoms with Gasteiger partial charge in [0, 0.05) is 17.7 Å². The highest BCUT2D eigenvalue weighted by molar-refractivity contribution is 5.94. The van der Waals surface area contributed by atoms with Crippen molar-refractivity contribution in [2.75, 3.05) is 0 Å². The summed E-state index contributed by atoms with van der Waals surface area (Å²) in [5.41, 5.74) is 3.96.